The molecule has 0 radical (unpaired) electrons. The molecule has 5 nitrogen and oxygen atoms in total. The molecular formula is C11H22N2O3. The molecular weight excluding hydrogens is 208 g/mol. The van der Waals surface area contributed by atoms with Gasteiger partial charge < -0.3 is 10.5 Å². The molecule has 2 N–H and O–H groups in total. The lowest BCUT2D eigenvalue weighted by Gasteiger charge is -2.30. The Labute approximate surface area is 96.9 Å². The minimum atomic E-state index is -0.644. The molecule has 0 aliphatic heterocycles. The van der Waals surface area contributed by atoms with Gasteiger partial charge in [-0.15, -0.1) is 0 Å². The average Bonchev–Trinajstić information content (AvgIpc) is 1.98. The maximum absolute atomic E-state index is 11.7. The highest BCUT2D eigenvalue weighted by atomic mass is 16.6. The zero-order valence-corrected chi connectivity index (χ0v) is 10.9. The van der Waals surface area contributed by atoms with Crippen LogP contribution in [0, 0.1) is 5.92 Å². The van der Waals surface area contributed by atoms with E-state index in [-0.39, 0.29) is 5.92 Å². The van der Waals surface area contributed by atoms with E-state index < -0.39 is 23.6 Å². The zero-order valence-electron chi connectivity index (χ0n) is 10.9. The summed E-state index contributed by atoms with van der Waals surface area (Å²) in [5, 5.41) is 0. The molecule has 2 amide bonds. The van der Waals surface area contributed by atoms with Crippen molar-refractivity contribution in [3.8, 4) is 0 Å². The minimum Gasteiger partial charge on any atom is -0.444 e. The van der Waals surface area contributed by atoms with Crippen molar-refractivity contribution < 1.29 is 14.3 Å². The zero-order chi connectivity index (χ0) is 13.1. The molecule has 0 aromatic carbocycles. The maximum atomic E-state index is 11.7. The largest absolute Gasteiger partial charge is 0.444 e. The predicted molar refractivity (Wildman–Crippen MR) is 61.8 cm³/mol. The number of carbonyl (C=O) groups excluding carboxylic acids is 2. The van der Waals surface area contributed by atoms with Gasteiger partial charge in [0.05, 0.1) is 0 Å². The Bertz CT molecular complexity index is 269. The van der Waals surface area contributed by atoms with E-state index >= 15 is 0 Å². The summed E-state index contributed by atoms with van der Waals surface area (Å²) in [4.78, 5) is 24.2. The molecule has 0 bridgehead atoms. The van der Waals surface area contributed by atoms with Crippen LogP contribution in [-0.4, -0.2) is 35.6 Å². The van der Waals surface area contributed by atoms with E-state index in [1.54, 1.807) is 20.8 Å². The number of amides is 2. The van der Waals surface area contributed by atoms with Crippen LogP contribution in [0.1, 0.15) is 34.6 Å². The smallest absolute Gasteiger partial charge is 0.410 e. The quantitative estimate of drug-likeness (QED) is 0.795. The second kappa shape index (κ2) is 5.18. The van der Waals surface area contributed by atoms with E-state index in [9.17, 15) is 9.59 Å². The topological polar surface area (TPSA) is 72.6 Å². The summed E-state index contributed by atoms with van der Waals surface area (Å²) in [6.45, 7) is 8.97. The van der Waals surface area contributed by atoms with Crippen LogP contribution in [0.5, 0.6) is 0 Å². The summed E-state index contributed by atoms with van der Waals surface area (Å²) in [6, 6.07) is -0.644. The van der Waals surface area contributed by atoms with Crippen LogP contribution in [-0.2, 0) is 9.53 Å². The van der Waals surface area contributed by atoms with Gasteiger partial charge >= 0.3 is 6.09 Å². The number of rotatable bonds is 3. The van der Waals surface area contributed by atoms with Crippen molar-refractivity contribution in [3.63, 3.8) is 0 Å². The fourth-order valence-electron chi connectivity index (χ4n) is 1.41. The van der Waals surface area contributed by atoms with Crippen LogP contribution in [0.3, 0.4) is 0 Å². The Morgan fingerprint density at radius 1 is 1.25 bits per heavy atom. The average molecular weight is 230 g/mol. The van der Waals surface area contributed by atoms with Crippen molar-refractivity contribution in [2.24, 2.45) is 11.7 Å². The third-order valence-corrected chi connectivity index (χ3v) is 2.02. The van der Waals surface area contributed by atoms with E-state index in [0.29, 0.717) is 0 Å². The Morgan fingerprint density at radius 2 is 1.69 bits per heavy atom. The molecule has 16 heavy (non-hydrogen) atoms. The summed E-state index contributed by atoms with van der Waals surface area (Å²) in [7, 11) is 1.52. The number of primary amides is 1. The predicted octanol–water partition coefficient (Wildman–Crippen LogP) is 1.36. The number of likely N-dealkylation sites (N-methyl/N-ethyl adjacent to an activating group) is 1. The number of hydrogen-bond donors (Lipinski definition) is 1. The summed E-state index contributed by atoms with van der Waals surface area (Å²) in [5.74, 6) is -0.571. The summed E-state index contributed by atoms with van der Waals surface area (Å²) in [5.41, 5.74) is 4.67. The van der Waals surface area contributed by atoms with Crippen molar-refractivity contribution in [3.05, 3.63) is 0 Å². The van der Waals surface area contributed by atoms with Gasteiger partial charge in [-0.3, -0.25) is 9.69 Å². The van der Waals surface area contributed by atoms with Crippen molar-refractivity contribution in [1.82, 2.24) is 4.90 Å². The van der Waals surface area contributed by atoms with Crippen LogP contribution in [0.2, 0.25) is 0 Å². The molecule has 0 aromatic rings. The fraction of sp³-hybridized carbons (Fsp3) is 0.818. The molecule has 0 aliphatic carbocycles. The second-order valence-electron chi connectivity index (χ2n) is 5.18. The van der Waals surface area contributed by atoms with Gasteiger partial charge in [-0.25, -0.2) is 4.79 Å². The molecule has 0 aliphatic rings. The molecule has 1 atom stereocenters. The van der Waals surface area contributed by atoms with E-state index in [1.165, 1.54) is 11.9 Å². The molecule has 0 heterocycles. The first-order valence-electron chi connectivity index (χ1n) is 5.31. The Morgan fingerprint density at radius 3 is 1.94 bits per heavy atom. The normalized spacial score (nSPS) is 13.4. The van der Waals surface area contributed by atoms with Gasteiger partial charge in [0.1, 0.15) is 11.6 Å². The first-order valence-corrected chi connectivity index (χ1v) is 5.31. The highest BCUT2D eigenvalue weighted by Gasteiger charge is 2.30. The standard InChI is InChI=1S/C11H22N2O3/c1-7(2)8(9(12)14)13(6)10(15)16-11(3,4)5/h7-8H,1-6H3,(H2,12,14). The van der Waals surface area contributed by atoms with Gasteiger partial charge in [0.2, 0.25) is 5.91 Å². The Kier molecular flexibility index (Phi) is 4.78. The van der Waals surface area contributed by atoms with Crippen LogP contribution < -0.4 is 5.73 Å². The summed E-state index contributed by atoms with van der Waals surface area (Å²) < 4.78 is 5.16. The summed E-state index contributed by atoms with van der Waals surface area (Å²) >= 11 is 0. The van der Waals surface area contributed by atoms with Gasteiger partial charge in [-0.1, -0.05) is 13.8 Å². The van der Waals surface area contributed by atoms with E-state index in [4.69, 9.17) is 10.5 Å². The molecule has 0 saturated heterocycles. The number of ether oxygens (including phenoxy) is 1. The third kappa shape index (κ3) is 4.51. The van der Waals surface area contributed by atoms with Gasteiger partial charge in [-0.2, -0.15) is 0 Å². The lowest BCUT2D eigenvalue weighted by molar-refractivity contribution is -0.124. The first kappa shape index (κ1) is 14.7. The van der Waals surface area contributed by atoms with Crippen LogP contribution in [0.4, 0.5) is 4.79 Å². The molecule has 5 heteroatoms. The van der Waals surface area contributed by atoms with Crippen LogP contribution in [0.25, 0.3) is 0 Å². The van der Waals surface area contributed by atoms with Gasteiger partial charge in [0, 0.05) is 7.05 Å². The molecule has 0 spiro atoms. The van der Waals surface area contributed by atoms with E-state index in [2.05, 4.69) is 0 Å². The van der Waals surface area contributed by atoms with Crippen molar-refractivity contribution >= 4 is 12.0 Å². The Hall–Kier alpha value is -1.26. The lowest BCUT2D eigenvalue weighted by atomic mass is 10.0. The molecule has 0 aromatic heterocycles. The molecule has 94 valence electrons. The van der Waals surface area contributed by atoms with E-state index in [1.807, 2.05) is 13.8 Å². The van der Waals surface area contributed by atoms with Gasteiger partial charge in [-0.05, 0) is 26.7 Å². The number of nitrogens with two attached hydrogens (primary N) is 1. The van der Waals surface area contributed by atoms with Crippen molar-refractivity contribution in [2.75, 3.05) is 7.05 Å². The molecule has 0 fully saturated rings. The van der Waals surface area contributed by atoms with Crippen LogP contribution in [0.15, 0.2) is 0 Å². The van der Waals surface area contributed by atoms with Crippen LogP contribution >= 0.6 is 0 Å². The molecule has 0 saturated carbocycles. The molecule has 0 rings (SSSR count). The minimum absolute atomic E-state index is 0.0463. The Balaban J connectivity index is 4.69. The SMILES string of the molecule is CC(C)C(C(N)=O)N(C)C(=O)OC(C)(C)C. The van der Waals surface area contributed by atoms with Gasteiger partial charge in [0.15, 0.2) is 0 Å². The lowest BCUT2D eigenvalue weighted by Crippen LogP contribution is -2.50. The summed E-state index contributed by atoms with van der Waals surface area (Å²) in [6.07, 6.45) is -0.537. The number of carbonyl (C=O) groups is 2. The third-order valence-electron chi connectivity index (χ3n) is 2.02. The second-order valence-corrected chi connectivity index (χ2v) is 5.18. The highest BCUT2D eigenvalue weighted by molar-refractivity contribution is 5.84. The van der Waals surface area contributed by atoms with E-state index in [0.717, 1.165) is 0 Å². The first-order chi connectivity index (χ1) is 7.06. The number of nitrogens with zero attached hydrogens (tertiary/aromatic N) is 1. The van der Waals surface area contributed by atoms with Crippen molar-refractivity contribution in [2.45, 2.75) is 46.3 Å². The monoisotopic (exact) mass is 230 g/mol. The molecule has 1 unspecified atom stereocenters. The van der Waals surface area contributed by atoms with Crippen molar-refractivity contribution in [1.29, 1.82) is 0 Å². The highest BCUT2D eigenvalue weighted by Crippen LogP contribution is 2.14. The number of hydrogen-bond acceptors (Lipinski definition) is 3. The fourth-order valence-corrected chi connectivity index (χ4v) is 1.41. The maximum Gasteiger partial charge on any atom is 0.410 e. The van der Waals surface area contributed by atoms with Gasteiger partial charge in [0.25, 0.3) is 0 Å².